The number of hydrogen-bond acceptors (Lipinski definition) is 6. The molecule has 0 saturated carbocycles. The van der Waals surface area contributed by atoms with E-state index < -0.39 is 8.32 Å². The maximum absolute atomic E-state index is 7.54. The molecular weight excluding hydrogens is 524 g/mol. The molecule has 41 heavy (non-hydrogen) atoms. The summed E-state index contributed by atoms with van der Waals surface area (Å²) in [6, 6.07) is 26.6. The first-order valence-electron chi connectivity index (χ1n) is 14.9. The molecule has 2 aliphatic rings. The fourth-order valence-corrected chi connectivity index (χ4v) is 11.8. The summed E-state index contributed by atoms with van der Waals surface area (Å²) >= 11 is 0. The van der Waals surface area contributed by atoms with Gasteiger partial charge in [-0.3, -0.25) is 4.90 Å². The molecule has 0 amide bonds. The van der Waals surface area contributed by atoms with Crippen LogP contribution in [-0.2, 0) is 9.16 Å². The number of nitrogen functional groups attached to an aromatic ring is 1. The van der Waals surface area contributed by atoms with Crippen LogP contribution in [0.4, 0.5) is 5.95 Å². The lowest BCUT2D eigenvalue weighted by atomic mass is 9.85. The Kier molecular flexibility index (Phi) is 7.72. The minimum absolute atomic E-state index is 0.0277. The Morgan fingerprint density at radius 2 is 1.56 bits per heavy atom. The van der Waals surface area contributed by atoms with Crippen molar-refractivity contribution in [1.82, 2.24) is 14.9 Å². The zero-order valence-corrected chi connectivity index (χ0v) is 25.7. The molecule has 0 spiro atoms. The summed E-state index contributed by atoms with van der Waals surface area (Å²) in [6.07, 6.45) is 4.06. The highest BCUT2D eigenvalue weighted by molar-refractivity contribution is 6.99. The van der Waals surface area contributed by atoms with Gasteiger partial charge in [0.25, 0.3) is 8.32 Å². The lowest BCUT2D eigenvalue weighted by molar-refractivity contribution is 0.0747. The van der Waals surface area contributed by atoms with Gasteiger partial charge in [0.05, 0.1) is 30.9 Å². The van der Waals surface area contributed by atoms with E-state index in [9.17, 15) is 0 Å². The van der Waals surface area contributed by atoms with Crippen LogP contribution in [0.3, 0.4) is 0 Å². The zero-order chi connectivity index (χ0) is 28.6. The molecule has 6 rings (SSSR count). The van der Waals surface area contributed by atoms with E-state index in [2.05, 4.69) is 115 Å². The van der Waals surface area contributed by atoms with Crippen LogP contribution >= 0.6 is 0 Å². The van der Waals surface area contributed by atoms with Crippen LogP contribution in [0.1, 0.15) is 50.7 Å². The number of piperidine rings is 1. The van der Waals surface area contributed by atoms with Gasteiger partial charge in [-0.2, -0.15) is 0 Å². The molecule has 4 aromatic rings. The summed E-state index contributed by atoms with van der Waals surface area (Å²) in [7, 11) is -2.65. The van der Waals surface area contributed by atoms with Gasteiger partial charge >= 0.3 is 0 Å². The minimum atomic E-state index is -2.65. The number of rotatable bonds is 6. The Labute approximate surface area is 245 Å². The highest BCUT2D eigenvalue weighted by atomic mass is 28.4. The zero-order valence-electron chi connectivity index (χ0n) is 24.7. The average molecular weight is 567 g/mol. The monoisotopic (exact) mass is 566 g/mol. The quantitative estimate of drug-likeness (QED) is 0.330. The van der Waals surface area contributed by atoms with Gasteiger partial charge in [-0.05, 0) is 77.4 Å². The maximum atomic E-state index is 7.54. The molecule has 2 fully saturated rings. The number of benzene rings is 3. The van der Waals surface area contributed by atoms with Crippen molar-refractivity contribution in [2.45, 2.75) is 63.6 Å². The van der Waals surface area contributed by atoms with Crippen LogP contribution < -0.4 is 16.1 Å². The van der Waals surface area contributed by atoms with E-state index in [-0.39, 0.29) is 17.2 Å². The third kappa shape index (κ3) is 5.32. The molecule has 0 bridgehead atoms. The summed E-state index contributed by atoms with van der Waals surface area (Å²) < 4.78 is 13.7. The van der Waals surface area contributed by atoms with Gasteiger partial charge in [-0.1, -0.05) is 81.4 Å². The van der Waals surface area contributed by atoms with Crippen molar-refractivity contribution in [3.05, 3.63) is 90.1 Å². The van der Waals surface area contributed by atoms with Crippen LogP contribution in [-0.4, -0.2) is 61.6 Å². The Morgan fingerprint density at radius 1 is 0.927 bits per heavy atom. The first-order valence-corrected chi connectivity index (χ1v) is 16.8. The summed E-state index contributed by atoms with van der Waals surface area (Å²) in [5.41, 5.74) is 9.51. The van der Waals surface area contributed by atoms with Crippen molar-refractivity contribution < 1.29 is 9.16 Å². The number of anilines is 1. The number of aromatic nitrogens is 2. The molecule has 0 radical (unpaired) electrons. The summed E-state index contributed by atoms with van der Waals surface area (Å²) in [4.78, 5) is 11.3. The van der Waals surface area contributed by atoms with Crippen molar-refractivity contribution in [3.63, 3.8) is 0 Å². The molecule has 2 N–H and O–H groups in total. The van der Waals surface area contributed by atoms with E-state index in [0.29, 0.717) is 18.5 Å². The predicted molar refractivity (Wildman–Crippen MR) is 169 cm³/mol. The molecule has 2 unspecified atom stereocenters. The normalized spacial score (nSPS) is 21.0. The molecule has 2 aliphatic heterocycles. The summed E-state index contributed by atoms with van der Waals surface area (Å²) in [5, 5.41) is 3.62. The first-order chi connectivity index (χ1) is 19.8. The third-order valence-electron chi connectivity index (χ3n) is 9.17. The first kappa shape index (κ1) is 28.0. The second kappa shape index (κ2) is 11.3. The standard InChI is InChI=1S/C34H42N4O2Si/c1-24-19-26-21-36-33(35)37-30(26)20-29(24)25-15-17-38(18-16-25)31-22-39-23-32(31)40-41(34(2,3)4,27-11-7-5-8-12-27)28-13-9-6-10-14-28/h5-14,19-21,25,31-32H,15-18,22-23H2,1-4H3,(H2,35,36,37). The van der Waals surface area contributed by atoms with Crippen molar-refractivity contribution in [3.8, 4) is 0 Å². The lowest BCUT2D eigenvalue weighted by Crippen LogP contribution is -2.69. The second-order valence-electron chi connectivity index (χ2n) is 12.7. The number of hydrogen-bond donors (Lipinski definition) is 1. The highest BCUT2D eigenvalue weighted by Gasteiger charge is 2.53. The van der Waals surface area contributed by atoms with E-state index in [1.807, 2.05) is 6.20 Å². The number of ether oxygens (including phenoxy) is 1. The molecule has 2 atom stereocenters. The number of aryl methyl sites for hydroxylation is 1. The molecule has 3 aromatic carbocycles. The van der Waals surface area contributed by atoms with Crippen LogP contribution in [0.5, 0.6) is 0 Å². The molecule has 0 aliphatic carbocycles. The molecule has 1 aromatic heterocycles. The van der Waals surface area contributed by atoms with Gasteiger partial charge in [0.1, 0.15) is 0 Å². The van der Waals surface area contributed by atoms with E-state index in [1.165, 1.54) is 21.5 Å². The number of likely N-dealkylation sites (tertiary alicyclic amines) is 1. The molecular formula is C34H42N4O2Si. The SMILES string of the molecule is Cc1cc2cnc(N)nc2cc1C1CCN(C2COCC2O[Si](c2ccccc2)(c2ccccc2)C(C)(C)C)CC1. The van der Waals surface area contributed by atoms with Gasteiger partial charge in [0.15, 0.2) is 0 Å². The topological polar surface area (TPSA) is 73.5 Å². The number of nitrogens with zero attached hydrogens (tertiary/aromatic N) is 3. The Balaban J connectivity index is 1.25. The Morgan fingerprint density at radius 3 is 2.17 bits per heavy atom. The highest BCUT2D eigenvalue weighted by Crippen LogP contribution is 2.40. The van der Waals surface area contributed by atoms with Gasteiger partial charge in [-0.25, -0.2) is 9.97 Å². The third-order valence-corrected chi connectivity index (χ3v) is 14.2. The van der Waals surface area contributed by atoms with Crippen LogP contribution in [0.25, 0.3) is 10.9 Å². The maximum Gasteiger partial charge on any atom is 0.261 e. The predicted octanol–water partition coefficient (Wildman–Crippen LogP) is 5.04. The smallest absolute Gasteiger partial charge is 0.261 e. The second-order valence-corrected chi connectivity index (χ2v) is 17.0. The average Bonchev–Trinajstić information content (AvgIpc) is 3.44. The summed E-state index contributed by atoms with van der Waals surface area (Å²) in [5.74, 6) is 0.834. The van der Waals surface area contributed by atoms with Crippen LogP contribution in [0.15, 0.2) is 79.0 Å². The van der Waals surface area contributed by atoms with Gasteiger partial charge in [0, 0.05) is 11.6 Å². The van der Waals surface area contributed by atoms with E-state index >= 15 is 0 Å². The van der Waals surface area contributed by atoms with Crippen molar-refractivity contribution in [1.29, 1.82) is 0 Å². The number of fused-ring (bicyclic) bond motifs is 1. The van der Waals surface area contributed by atoms with E-state index in [0.717, 1.165) is 43.4 Å². The number of nitrogens with two attached hydrogens (primary N) is 1. The Bertz CT molecular complexity index is 1440. The largest absolute Gasteiger partial charge is 0.400 e. The van der Waals surface area contributed by atoms with E-state index in [1.54, 1.807) is 0 Å². The van der Waals surface area contributed by atoms with E-state index in [4.69, 9.17) is 14.9 Å². The van der Waals surface area contributed by atoms with Gasteiger partial charge in [-0.15, -0.1) is 0 Å². The van der Waals surface area contributed by atoms with Crippen molar-refractivity contribution in [2.75, 3.05) is 32.0 Å². The lowest BCUT2D eigenvalue weighted by Gasteiger charge is -2.46. The Hall–Kier alpha value is -3.10. The van der Waals surface area contributed by atoms with Crippen LogP contribution in [0, 0.1) is 6.92 Å². The van der Waals surface area contributed by atoms with Crippen LogP contribution in [0.2, 0.25) is 5.04 Å². The molecule has 6 nitrogen and oxygen atoms in total. The fraction of sp³-hybridized carbons (Fsp3) is 0.412. The summed E-state index contributed by atoms with van der Waals surface area (Å²) in [6.45, 7) is 12.7. The minimum Gasteiger partial charge on any atom is -0.400 e. The molecule has 7 heteroatoms. The molecule has 3 heterocycles. The molecule has 214 valence electrons. The van der Waals surface area contributed by atoms with Gasteiger partial charge < -0.3 is 14.9 Å². The van der Waals surface area contributed by atoms with Crippen molar-refractivity contribution >= 4 is 35.5 Å². The fourth-order valence-electron chi connectivity index (χ4n) is 7.10. The molecule has 2 saturated heterocycles. The van der Waals surface area contributed by atoms with Gasteiger partial charge in [0.2, 0.25) is 5.95 Å². The van der Waals surface area contributed by atoms with Crippen molar-refractivity contribution in [2.24, 2.45) is 0 Å².